The molecule has 0 bridgehead atoms. The van der Waals surface area contributed by atoms with Crippen LogP contribution in [0.3, 0.4) is 0 Å². The summed E-state index contributed by atoms with van der Waals surface area (Å²) in [5, 5.41) is 0. The second-order valence-electron chi connectivity index (χ2n) is 5.11. The molecule has 0 aliphatic carbocycles. The van der Waals surface area contributed by atoms with Crippen LogP contribution in [0.4, 0.5) is 13.2 Å². The Morgan fingerprint density at radius 2 is 1.85 bits per heavy atom. The number of methoxy groups -OCH3 is 1. The number of ether oxygens (including phenoxy) is 2. The van der Waals surface area contributed by atoms with Gasteiger partial charge >= 0.3 is 6.18 Å². The van der Waals surface area contributed by atoms with Crippen molar-refractivity contribution in [3.05, 3.63) is 65.5 Å². The van der Waals surface area contributed by atoms with Crippen molar-refractivity contribution < 1.29 is 32.4 Å². The van der Waals surface area contributed by atoms with Gasteiger partial charge in [-0.2, -0.15) is 13.2 Å². The molecular formula is C18H18F3NO4. The van der Waals surface area contributed by atoms with Crippen LogP contribution in [0.5, 0.6) is 5.88 Å². The first-order valence-electron chi connectivity index (χ1n) is 7.58. The third-order valence-corrected chi connectivity index (χ3v) is 3.35. The average Bonchev–Trinajstić information content (AvgIpc) is 2.63. The molecule has 0 spiro atoms. The highest BCUT2D eigenvalue weighted by atomic mass is 19.4. The second-order valence-corrected chi connectivity index (χ2v) is 5.11. The number of aromatic nitrogens is 1. The summed E-state index contributed by atoms with van der Waals surface area (Å²) < 4.78 is 48.7. The van der Waals surface area contributed by atoms with Crippen molar-refractivity contribution in [1.82, 2.24) is 4.98 Å². The first kappa shape index (κ1) is 19.7. The van der Waals surface area contributed by atoms with Gasteiger partial charge in [0.2, 0.25) is 5.88 Å². The Balaban J connectivity index is 2.19. The first-order chi connectivity index (χ1) is 12.5. The molecule has 26 heavy (non-hydrogen) atoms. The van der Waals surface area contributed by atoms with E-state index in [1.807, 2.05) is 12.1 Å². The molecule has 140 valence electrons. The van der Waals surface area contributed by atoms with Crippen molar-refractivity contribution >= 4 is 5.57 Å². The maximum atomic E-state index is 12.7. The molecule has 0 aliphatic rings. The summed E-state index contributed by atoms with van der Waals surface area (Å²) in [4.78, 5) is 13.0. The van der Waals surface area contributed by atoms with Gasteiger partial charge < -0.3 is 9.47 Å². The normalized spacial score (nSPS) is 12.1. The molecule has 2 rings (SSSR count). The fourth-order valence-corrected chi connectivity index (χ4v) is 2.20. The van der Waals surface area contributed by atoms with Gasteiger partial charge in [-0.15, -0.1) is 0 Å². The largest absolute Gasteiger partial charge is 0.504 e. The second kappa shape index (κ2) is 9.21. The number of hydrogen-bond acceptors (Lipinski definition) is 5. The molecule has 0 N–H and O–H groups in total. The Kier molecular flexibility index (Phi) is 6.99. The lowest BCUT2D eigenvalue weighted by Crippen LogP contribution is -2.09. The van der Waals surface area contributed by atoms with Crippen molar-refractivity contribution in [3.8, 4) is 5.88 Å². The van der Waals surface area contributed by atoms with E-state index in [4.69, 9.17) is 14.4 Å². The summed E-state index contributed by atoms with van der Waals surface area (Å²) in [5.74, 6) is -0.111. The number of nitrogens with zero attached hydrogens (tertiary/aromatic N) is 1. The molecule has 0 atom stereocenters. The van der Waals surface area contributed by atoms with Gasteiger partial charge in [-0.25, -0.2) is 14.8 Å². The zero-order chi connectivity index (χ0) is 19.0. The maximum Gasteiger partial charge on any atom is 0.433 e. The fraction of sp³-hybridized carbons (Fsp3) is 0.278. The SMILES string of the molecule is CO/C=C(\COOC)c1ccccc1COc1cccc(C(F)(F)F)n1. The van der Waals surface area contributed by atoms with Crippen LogP contribution in [0.15, 0.2) is 48.7 Å². The Morgan fingerprint density at radius 3 is 2.54 bits per heavy atom. The number of benzene rings is 1. The minimum Gasteiger partial charge on any atom is -0.504 e. The van der Waals surface area contributed by atoms with E-state index < -0.39 is 11.9 Å². The van der Waals surface area contributed by atoms with Crippen LogP contribution in [-0.4, -0.2) is 25.8 Å². The van der Waals surface area contributed by atoms with Gasteiger partial charge in [-0.05, 0) is 17.2 Å². The smallest absolute Gasteiger partial charge is 0.433 e. The third-order valence-electron chi connectivity index (χ3n) is 3.35. The number of rotatable bonds is 8. The molecule has 2 aromatic rings. The van der Waals surface area contributed by atoms with Crippen LogP contribution in [0, 0.1) is 0 Å². The molecule has 8 heteroatoms. The van der Waals surface area contributed by atoms with Gasteiger partial charge in [0.05, 0.1) is 20.5 Å². The number of halogens is 3. The van der Waals surface area contributed by atoms with Crippen LogP contribution in [0.2, 0.25) is 0 Å². The van der Waals surface area contributed by atoms with Gasteiger partial charge in [0.15, 0.2) is 0 Å². The lowest BCUT2D eigenvalue weighted by Gasteiger charge is -2.14. The topological polar surface area (TPSA) is 49.8 Å². The fourth-order valence-electron chi connectivity index (χ4n) is 2.20. The molecule has 0 saturated heterocycles. The zero-order valence-corrected chi connectivity index (χ0v) is 14.2. The van der Waals surface area contributed by atoms with Crippen molar-refractivity contribution in [1.29, 1.82) is 0 Å². The standard InChI is InChI=1S/C18H18F3NO4/c1-23-10-14(12-26-24-2)15-7-4-3-6-13(15)11-25-17-9-5-8-16(22-17)18(19,20)21/h3-10H,11-12H2,1-2H3/b14-10+. The van der Waals surface area contributed by atoms with Gasteiger partial charge in [0.1, 0.15) is 18.9 Å². The van der Waals surface area contributed by atoms with Crippen LogP contribution in [0.1, 0.15) is 16.8 Å². The molecule has 0 amide bonds. The van der Waals surface area contributed by atoms with E-state index in [-0.39, 0.29) is 19.1 Å². The Morgan fingerprint density at radius 1 is 1.08 bits per heavy atom. The van der Waals surface area contributed by atoms with E-state index in [0.29, 0.717) is 5.57 Å². The number of alkyl halides is 3. The van der Waals surface area contributed by atoms with E-state index in [2.05, 4.69) is 9.87 Å². The lowest BCUT2D eigenvalue weighted by molar-refractivity contribution is -0.261. The van der Waals surface area contributed by atoms with Crippen molar-refractivity contribution in [2.24, 2.45) is 0 Å². The van der Waals surface area contributed by atoms with Gasteiger partial charge in [0.25, 0.3) is 0 Å². The van der Waals surface area contributed by atoms with Crippen LogP contribution in [0.25, 0.3) is 5.57 Å². The van der Waals surface area contributed by atoms with Crippen LogP contribution in [-0.2, 0) is 27.3 Å². The van der Waals surface area contributed by atoms with E-state index in [9.17, 15) is 13.2 Å². The summed E-state index contributed by atoms with van der Waals surface area (Å²) in [7, 11) is 2.89. The highest BCUT2D eigenvalue weighted by Crippen LogP contribution is 2.29. The minimum atomic E-state index is -4.52. The quantitative estimate of drug-likeness (QED) is 0.396. The Bertz CT molecular complexity index is 747. The maximum absolute atomic E-state index is 12.7. The molecule has 1 aromatic carbocycles. The lowest BCUT2D eigenvalue weighted by atomic mass is 10.0. The summed E-state index contributed by atoms with van der Waals surface area (Å²) in [6.45, 7) is 0.154. The average molecular weight is 369 g/mol. The van der Waals surface area contributed by atoms with E-state index >= 15 is 0 Å². The monoisotopic (exact) mass is 369 g/mol. The van der Waals surface area contributed by atoms with E-state index in [0.717, 1.165) is 17.2 Å². The van der Waals surface area contributed by atoms with Gasteiger partial charge in [0, 0.05) is 11.6 Å². The molecule has 0 aliphatic heterocycles. The summed E-state index contributed by atoms with van der Waals surface area (Å²) in [6.07, 6.45) is -3.02. The minimum absolute atomic E-state index is 0.0263. The predicted octanol–water partition coefficient (Wildman–Crippen LogP) is 4.24. The molecule has 1 heterocycles. The first-order valence-corrected chi connectivity index (χ1v) is 7.58. The Labute approximate surface area is 148 Å². The van der Waals surface area contributed by atoms with Gasteiger partial charge in [-0.1, -0.05) is 30.3 Å². The molecule has 1 aromatic heterocycles. The van der Waals surface area contributed by atoms with E-state index in [1.54, 1.807) is 12.1 Å². The van der Waals surface area contributed by atoms with E-state index in [1.165, 1.54) is 32.6 Å². The van der Waals surface area contributed by atoms with Crippen molar-refractivity contribution in [3.63, 3.8) is 0 Å². The van der Waals surface area contributed by atoms with Gasteiger partial charge in [-0.3, -0.25) is 0 Å². The van der Waals surface area contributed by atoms with Crippen LogP contribution < -0.4 is 4.74 Å². The predicted molar refractivity (Wildman–Crippen MR) is 88.0 cm³/mol. The molecular weight excluding hydrogens is 351 g/mol. The molecule has 0 unspecified atom stereocenters. The highest BCUT2D eigenvalue weighted by Gasteiger charge is 2.32. The van der Waals surface area contributed by atoms with Crippen molar-refractivity contribution in [2.75, 3.05) is 20.8 Å². The molecule has 0 radical (unpaired) electrons. The van der Waals surface area contributed by atoms with Crippen LogP contribution >= 0.6 is 0 Å². The number of hydrogen-bond donors (Lipinski definition) is 0. The third kappa shape index (κ3) is 5.47. The molecule has 0 fully saturated rings. The molecule has 0 saturated carbocycles. The summed E-state index contributed by atoms with van der Waals surface area (Å²) >= 11 is 0. The zero-order valence-electron chi connectivity index (χ0n) is 14.2. The highest BCUT2D eigenvalue weighted by molar-refractivity contribution is 5.68. The molecule has 5 nitrogen and oxygen atoms in total. The van der Waals surface area contributed by atoms with Crippen molar-refractivity contribution in [2.45, 2.75) is 12.8 Å². The summed E-state index contributed by atoms with van der Waals surface area (Å²) in [5.41, 5.74) is 1.18. The number of pyridine rings is 1. The summed E-state index contributed by atoms with van der Waals surface area (Å²) in [6, 6.07) is 10.7. The Hall–Kier alpha value is -2.58.